The van der Waals surface area contributed by atoms with Crippen LogP contribution in [-0.2, 0) is 9.53 Å². The van der Waals surface area contributed by atoms with Crippen LogP contribution >= 0.6 is 0 Å². The first kappa shape index (κ1) is 14.5. The van der Waals surface area contributed by atoms with Gasteiger partial charge in [-0.15, -0.1) is 0 Å². The van der Waals surface area contributed by atoms with Gasteiger partial charge in [0, 0.05) is 24.0 Å². The number of carbonyl (C=O) groups is 2. The molecule has 6 nitrogen and oxygen atoms in total. The highest BCUT2D eigenvalue weighted by atomic mass is 16.5. The highest BCUT2D eigenvalue weighted by Crippen LogP contribution is 2.23. The third-order valence-electron chi connectivity index (χ3n) is 2.53. The Morgan fingerprint density at radius 2 is 2.19 bits per heavy atom. The minimum Gasteiger partial charge on any atom is -0.462 e. The summed E-state index contributed by atoms with van der Waals surface area (Å²) in [4.78, 5) is 26.1. The fourth-order valence-electron chi connectivity index (χ4n) is 1.64. The van der Waals surface area contributed by atoms with E-state index in [1.54, 1.807) is 37.3 Å². The maximum absolute atomic E-state index is 11.6. The Bertz CT molecular complexity index is 643. The Morgan fingerprint density at radius 1 is 1.33 bits per heavy atom. The van der Waals surface area contributed by atoms with Crippen LogP contribution in [0.1, 0.15) is 17.3 Å². The number of amides is 1. The fourth-order valence-corrected chi connectivity index (χ4v) is 1.64. The molecule has 6 heteroatoms. The van der Waals surface area contributed by atoms with Crippen LogP contribution in [0, 0.1) is 0 Å². The van der Waals surface area contributed by atoms with Crippen LogP contribution in [0.2, 0.25) is 0 Å². The quantitative estimate of drug-likeness (QED) is 0.652. The van der Waals surface area contributed by atoms with Gasteiger partial charge in [-0.2, -0.15) is 0 Å². The van der Waals surface area contributed by atoms with Gasteiger partial charge in [-0.25, -0.2) is 9.78 Å². The molecule has 21 heavy (non-hydrogen) atoms. The number of aromatic nitrogens is 1. The average molecular weight is 286 g/mol. The molecule has 0 spiro atoms. The zero-order chi connectivity index (χ0) is 15.1. The summed E-state index contributed by atoms with van der Waals surface area (Å²) in [7, 11) is 0. The van der Waals surface area contributed by atoms with Crippen LogP contribution in [0.15, 0.2) is 42.6 Å². The second-order valence-electron chi connectivity index (χ2n) is 4.00. The van der Waals surface area contributed by atoms with E-state index in [0.29, 0.717) is 30.0 Å². The predicted octanol–water partition coefficient (Wildman–Crippen LogP) is 2.62. The lowest BCUT2D eigenvalue weighted by Crippen LogP contribution is -2.05. The van der Waals surface area contributed by atoms with Crippen molar-refractivity contribution >= 4 is 18.1 Å². The molecule has 1 amide bonds. The molecule has 0 aliphatic heterocycles. The van der Waals surface area contributed by atoms with Crippen molar-refractivity contribution in [1.82, 2.24) is 4.98 Å². The van der Waals surface area contributed by atoms with E-state index < -0.39 is 5.97 Å². The SMILES string of the molecule is CCOC(=O)c1ccnc(Oc2cccc(NC=O)c2)c1. The van der Waals surface area contributed by atoms with Gasteiger partial charge in [0.15, 0.2) is 0 Å². The molecule has 0 bridgehead atoms. The second kappa shape index (κ2) is 7.04. The Morgan fingerprint density at radius 3 is 2.95 bits per heavy atom. The molecule has 0 radical (unpaired) electrons. The van der Waals surface area contributed by atoms with E-state index >= 15 is 0 Å². The summed E-state index contributed by atoms with van der Waals surface area (Å²) in [6.07, 6.45) is 2.05. The number of pyridine rings is 1. The monoisotopic (exact) mass is 286 g/mol. The lowest BCUT2D eigenvalue weighted by atomic mass is 10.2. The van der Waals surface area contributed by atoms with Gasteiger partial charge in [0.05, 0.1) is 12.2 Å². The zero-order valence-electron chi connectivity index (χ0n) is 11.4. The van der Waals surface area contributed by atoms with Crippen molar-refractivity contribution in [1.29, 1.82) is 0 Å². The molecule has 1 aromatic heterocycles. The molecule has 0 unspecified atom stereocenters. The first-order valence-electron chi connectivity index (χ1n) is 6.34. The van der Waals surface area contributed by atoms with E-state index in [4.69, 9.17) is 9.47 Å². The van der Waals surface area contributed by atoms with Gasteiger partial charge in [-0.05, 0) is 25.1 Å². The third-order valence-corrected chi connectivity index (χ3v) is 2.53. The van der Waals surface area contributed by atoms with Crippen LogP contribution in [0.25, 0.3) is 0 Å². The Hall–Kier alpha value is -2.89. The highest BCUT2D eigenvalue weighted by Gasteiger charge is 2.08. The summed E-state index contributed by atoms with van der Waals surface area (Å²) in [5.74, 6) is 0.334. The number of hydrogen-bond donors (Lipinski definition) is 1. The number of esters is 1. The number of carbonyl (C=O) groups excluding carboxylic acids is 2. The van der Waals surface area contributed by atoms with Crippen molar-refractivity contribution < 1.29 is 19.1 Å². The minimum atomic E-state index is -0.430. The number of rotatable bonds is 6. The van der Waals surface area contributed by atoms with Gasteiger partial charge in [-0.3, -0.25) is 4.79 Å². The van der Waals surface area contributed by atoms with Crippen molar-refractivity contribution in [3.63, 3.8) is 0 Å². The van der Waals surface area contributed by atoms with Crippen LogP contribution in [0.3, 0.4) is 0 Å². The first-order chi connectivity index (χ1) is 10.2. The topological polar surface area (TPSA) is 77.5 Å². The lowest BCUT2D eigenvalue weighted by molar-refractivity contribution is -0.105. The molecule has 1 N–H and O–H groups in total. The number of anilines is 1. The molecule has 1 aromatic carbocycles. The van der Waals surface area contributed by atoms with E-state index in [1.165, 1.54) is 12.3 Å². The normalized spacial score (nSPS) is 9.76. The maximum Gasteiger partial charge on any atom is 0.338 e. The smallest absolute Gasteiger partial charge is 0.338 e. The van der Waals surface area contributed by atoms with Gasteiger partial charge < -0.3 is 14.8 Å². The Labute approximate surface area is 121 Å². The van der Waals surface area contributed by atoms with E-state index in [-0.39, 0.29) is 5.88 Å². The van der Waals surface area contributed by atoms with Crippen molar-refractivity contribution in [3.8, 4) is 11.6 Å². The molecule has 0 aliphatic carbocycles. The van der Waals surface area contributed by atoms with Crippen LogP contribution in [0.5, 0.6) is 11.6 Å². The van der Waals surface area contributed by atoms with Gasteiger partial charge in [0.2, 0.25) is 12.3 Å². The molecule has 0 saturated heterocycles. The summed E-state index contributed by atoms with van der Waals surface area (Å²) in [6.45, 7) is 2.04. The summed E-state index contributed by atoms with van der Waals surface area (Å²) in [6, 6.07) is 9.87. The number of ether oxygens (including phenoxy) is 2. The summed E-state index contributed by atoms with van der Waals surface area (Å²) >= 11 is 0. The molecule has 0 atom stereocenters. The predicted molar refractivity (Wildman–Crippen MR) is 76.4 cm³/mol. The molecule has 0 saturated carbocycles. The van der Waals surface area contributed by atoms with E-state index in [1.807, 2.05) is 0 Å². The van der Waals surface area contributed by atoms with Crippen molar-refractivity contribution in [3.05, 3.63) is 48.2 Å². The molecule has 0 fully saturated rings. The van der Waals surface area contributed by atoms with Gasteiger partial charge in [0.25, 0.3) is 0 Å². The van der Waals surface area contributed by atoms with Gasteiger partial charge in [-0.1, -0.05) is 6.07 Å². The lowest BCUT2D eigenvalue weighted by Gasteiger charge is -2.07. The number of hydrogen-bond acceptors (Lipinski definition) is 5. The Kier molecular flexibility index (Phi) is 4.87. The van der Waals surface area contributed by atoms with E-state index in [9.17, 15) is 9.59 Å². The molecule has 1 heterocycles. The largest absolute Gasteiger partial charge is 0.462 e. The Balaban J connectivity index is 2.16. The minimum absolute atomic E-state index is 0.267. The van der Waals surface area contributed by atoms with Gasteiger partial charge in [0.1, 0.15) is 5.75 Å². The summed E-state index contributed by atoms with van der Waals surface area (Å²) in [5, 5.41) is 2.52. The number of nitrogens with one attached hydrogen (secondary N) is 1. The number of nitrogens with zero attached hydrogens (tertiary/aromatic N) is 1. The summed E-state index contributed by atoms with van der Waals surface area (Å²) < 4.78 is 10.5. The molecule has 108 valence electrons. The maximum atomic E-state index is 11.6. The molecule has 2 rings (SSSR count). The van der Waals surface area contributed by atoms with Crippen LogP contribution in [0.4, 0.5) is 5.69 Å². The zero-order valence-corrected chi connectivity index (χ0v) is 11.4. The third kappa shape index (κ3) is 4.04. The van der Waals surface area contributed by atoms with E-state index in [2.05, 4.69) is 10.3 Å². The van der Waals surface area contributed by atoms with Crippen molar-refractivity contribution in [2.75, 3.05) is 11.9 Å². The van der Waals surface area contributed by atoms with Crippen molar-refractivity contribution in [2.45, 2.75) is 6.92 Å². The molecular weight excluding hydrogens is 272 g/mol. The average Bonchev–Trinajstić information content (AvgIpc) is 2.48. The number of benzene rings is 1. The van der Waals surface area contributed by atoms with Crippen molar-refractivity contribution in [2.24, 2.45) is 0 Å². The molecule has 2 aromatic rings. The highest BCUT2D eigenvalue weighted by molar-refractivity contribution is 5.89. The standard InChI is InChI=1S/C15H14N2O4/c1-2-20-15(19)11-6-7-16-14(8-11)21-13-5-3-4-12(9-13)17-10-18/h3-10H,2H2,1H3,(H,17,18). The van der Waals surface area contributed by atoms with Crippen LogP contribution in [-0.4, -0.2) is 24.0 Å². The van der Waals surface area contributed by atoms with Crippen LogP contribution < -0.4 is 10.1 Å². The summed E-state index contributed by atoms with van der Waals surface area (Å²) in [5.41, 5.74) is 0.966. The van der Waals surface area contributed by atoms with E-state index in [0.717, 1.165) is 0 Å². The molecular formula is C15H14N2O4. The molecule has 0 aliphatic rings. The fraction of sp³-hybridized carbons (Fsp3) is 0.133. The first-order valence-corrected chi connectivity index (χ1v) is 6.34. The van der Waals surface area contributed by atoms with Gasteiger partial charge >= 0.3 is 5.97 Å². The second-order valence-corrected chi connectivity index (χ2v) is 4.00.